The maximum atomic E-state index is 13.5. The summed E-state index contributed by atoms with van der Waals surface area (Å²) in [6.45, 7) is 15.3. The van der Waals surface area contributed by atoms with Crippen molar-refractivity contribution in [2.24, 2.45) is 0 Å². The summed E-state index contributed by atoms with van der Waals surface area (Å²) in [5, 5.41) is 0. The number of rotatable bonds is 12. The van der Waals surface area contributed by atoms with Gasteiger partial charge in [-0.3, -0.25) is 0 Å². The zero-order valence-electron chi connectivity index (χ0n) is 24.9. The molecule has 3 aromatic carbocycles. The molecular weight excluding hydrogens is 615 g/mol. The highest BCUT2D eigenvalue weighted by atomic mass is 127. The van der Waals surface area contributed by atoms with Gasteiger partial charge in [0.05, 0.1) is 4.90 Å². The van der Waals surface area contributed by atoms with Crippen LogP contribution >= 0.6 is 0 Å². The molecule has 3 rings (SSSR count). The SMILES string of the molecule is CCCCCCCCc1ccc(S(=O)(=O)O[I+](c2ccc(C(C)(C)C)cc2)c2ccc(C(C)(C)C)cc2)cc1. The molecule has 0 spiro atoms. The lowest BCUT2D eigenvalue weighted by Crippen LogP contribution is -3.85. The lowest BCUT2D eigenvalue weighted by molar-refractivity contribution is -1.03. The first-order valence-electron chi connectivity index (χ1n) is 14.3. The van der Waals surface area contributed by atoms with Gasteiger partial charge in [0, 0.05) is 0 Å². The Morgan fingerprint density at radius 1 is 0.615 bits per heavy atom. The highest BCUT2D eigenvalue weighted by Crippen LogP contribution is 2.22. The fourth-order valence-electron chi connectivity index (χ4n) is 4.38. The van der Waals surface area contributed by atoms with Gasteiger partial charge in [-0.1, -0.05) is 117 Å². The van der Waals surface area contributed by atoms with Gasteiger partial charge in [-0.2, -0.15) is 8.42 Å². The summed E-state index contributed by atoms with van der Waals surface area (Å²) in [6, 6.07) is 24.0. The molecule has 0 aromatic heterocycles. The van der Waals surface area contributed by atoms with Crippen LogP contribution in [0.3, 0.4) is 0 Å². The topological polar surface area (TPSA) is 43.4 Å². The molecule has 39 heavy (non-hydrogen) atoms. The van der Waals surface area contributed by atoms with E-state index in [1.807, 2.05) is 12.1 Å². The Hall–Kier alpha value is -1.70. The van der Waals surface area contributed by atoms with Gasteiger partial charge in [-0.25, -0.2) is 0 Å². The van der Waals surface area contributed by atoms with Crippen molar-refractivity contribution in [1.29, 1.82) is 0 Å². The lowest BCUT2D eigenvalue weighted by Gasteiger charge is -2.19. The van der Waals surface area contributed by atoms with E-state index in [1.54, 1.807) is 12.1 Å². The van der Waals surface area contributed by atoms with Crippen molar-refractivity contribution in [3.05, 3.63) is 96.6 Å². The van der Waals surface area contributed by atoms with Crippen molar-refractivity contribution in [1.82, 2.24) is 0 Å². The van der Waals surface area contributed by atoms with E-state index in [2.05, 4.69) is 97.0 Å². The second kappa shape index (κ2) is 13.8. The monoisotopic (exact) mass is 662 g/mol. The Labute approximate surface area is 245 Å². The van der Waals surface area contributed by atoms with Crippen LogP contribution in [0.1, 0.15) is 104 Å². The normalized spacial score (nSPS) is 12.7. The summed E-state index contributed by atoms with van der Waals surface area (Å²) in [6.07, 6.45) is 8.47. The number of aryl methyl sites for hydroxylation is 1. The predicted octanol–water partition coefficient (Wildman–Crippen LogP) is 6.17. The zero-order chi connectivity index (χ0) is 28.7. The van der Waals surface area contributed by atoms with Crippen molar-refractivity contribution in [3.8, 4) is 0 Å². The summed E-state index contributed by atoms with van der Waals surface area (Å²) in [5.41, 5.74) is 3.66. The van der Waals surface area contributed by atoms with Crippen LogP contribution in [0.4, 0.5) is 0 Å². The maximum Gasteiger partial charge on any atom is 0.336 e. The highest BCUT2D eigenvalue weighted by molar-refractivity contribution is 7.86. The Morgan fingerprint density at radius 2 is 1.05 bits per heavy atom. The minimum absolute atomic E-state index is 0.0239. The van der Waals surface area contributed by atoms with Crippen LogP contribution in [0.25, 0.3) is 0 Å². The smallest absolute Gasteiger partial charge is 0.190 e. The van der Waals surface area contributed by atoms with Crippen molar-refractivity contribution >= 4 is 10.1 Å². The molecule has 3 nitrogen and oxygen atoms in total. The number of halogens is 1. The summed E-state index contributed by atoms with van der Waals surface area (Å²) < 4.78 is 35.2. The molecule has 0 bridgehead atoms. The summed E-state index contributed by atoms with van der Waals surface area (Å²) in [7, 11) is -3.92. The molecule has 5 heteroatoms. The predicted molar refractivity (Wildman–Crippen MR) is 159 cm³/mol. The molecule has 1 radical (unpaired) electrons. The van der Waals surface area contributed by atoms with Crippen molar-refractivity contribution in [2.45, 2.75) is 109 Å². The third-order valence-electron chi connectivity index (χ3n) is 6.99. The summed E-state index contributed by atoms with van der Waals surface area (Å²) in [4.78, 5) is 0.231. The van der Waals surface area contributed by atoms with Crippen LogP contribution in [0.5, 0.6) is 0 Å². The van der Waals surface area contributed by atoms with Crippen molar-refractivity contribution in [3.63, 3.8) is 0 Å². The fraction of sp³-hybridized carbons (Fsp3) is 0.471. The van der Waals surface area contributed by atoms with E-state index in [1.165, 1.54) is 48.8 Å². The van der Waals surface area contributed by atoms with Gasteiger partial charge in [-0.15, -0.1) is 0 Å². The summed E-state index contributed by atoms with van der Waals surface area (Å²) >= 11 is -2.76. The largest absolute Gasteiger partial charge is 0.336 e. The third-order valence-corrected chi connectivity index (χ3v) is 14.3. The quantitative estimate of drug-likeness (QED) is 0.172. The zero-order valence-corrected chi connectivity index (χ0v) is 27.9. The Morgan fingerprint density at radius 3 is 1.49 bits per heavy atom. The molecule has 0 aliphatic heterocycles. The molecule has 0 N–H and O–H groups in total. The molecular formula is C34H47IO3S+. The minimum atomic E-state index is -3.92. The van der Waals surface area contributed by atoms with Crippen LogP contribution in [-0.4, -0.2) is 8.42 Å². The van der Waals surface area contributed by atoms with E-state index in [-0.39, 0.29) is 15.7 Å². The van der Waals surface area contributed by atoms with Gasteiger partial charge in [-0.05, 0) is 79.3 Å². The second-order valence-corrected chi connectivity index (χ2v) is 18.9. The maximum absolute atomic E-state index is 13.5. The highest BCUT2D eigenvalue weighted by Gasteiger charge is 2.38. The number of hydrogen-bond donors (Lipinski definition) is 0. The lowest BCUT2D eigenvalue weighted by atomic mass is 9.87. The Balaban J connectivity index is 1.83. The molecule has 0 amide bonds. The van der Waals surface area contributed by atoms with Crippen LogP contribution in [0.2, 0.25) is 0 Å². The van der Waals surface area contributed by atoms with Gasteiger partial charge in [0.25, 0.3) is 0 Å². The first-order chi connectivity index (χ1) is 18.3. The first-order valence-corrected chi connectivity index (χ1v) is 18.7. The van der Waals surface area contributed by atoms with Crippen molar-refractivity contribution in [2.75, 3.05) is 0 Å². The second-order valence-electron chi connectivity index (χ2n) is 12.4. The van der Waals surface area contributed by atoms with Crippen molar-refractivity contribution < 1.29 is 31.2 Å². The number of hydrogen-bond acceptors (Lipinski definition) is 3. The van der Waals surface area contributed by atoms with Crippen LogP contribution in [0.15, 0.2) is 77.7 Å². The molecule has 0 fully saturated rings. The molecule has 0 saturated carbocycles. The van der Waals surface area contributed by atoms with E-state index in [9.17, 15) is 8.42 Å². The molecule has 0 atom stereocenters. The van der Waals surface area contributed by atoms with Crippen LogP contribution < -0.4 is 20.2 Å². The molecule has 0 unspecified atom stereocenters. The van der Waals surface area contributed by atoms with Gasteiger partial charge in [0.2, 0.25) is 0 Å². The van der Waals surface area contributed by atoms with E-state index in [0.717, 1.165) is 20.0 Å². The van der Waals surface area contributed by atoms with E-state index < -0.39 is 30.4 Å². The Kier molecular flexibility index (Phi) is 11.2. The fourth-order valence-corrected chi connectivity index (χ4v) is 11.3. The standard InChI is InChI=1S/C34H47IO3S/c1-8-9-10-11-12-13-14-27-15-25-32(26-16-27)39(36,37)38-35(30-21-17-28(18-22-30)33(2,3)4)31-23-19-29(20-24-31)34(5,6)7/h15-26H,8-14H2,1-7H3/q+1. The average Bonchev–Trinajstić information content (AvgIpc) is 2.89. The van der Waals surface area contributed by atoms with E-state index in [4.69, 9.17) is 2.51 Å². The molecule has 0 heterocycles. The minimum Gasteiger partial charge on any atom is -0.190 e. The van der Waals surface area contributed by atoms with Gasteiger partial charge in [0.1, 0.15) is 0 Å². The van der Waals surface area contributed by atoms with Gasteiger partial charge in [0.15, 0.2) is 7.14 Å². The molecule has 0 saturated heterocycles. The first kappa shape index (κ1) is 31.8. The van der Waals surface area contributed by atoms with E-state index in [0.29, 0.717) is 0 Å². The van der Waals surface area contributed by atoms with Crippen LogP contribution in [0, 0.1) is 7.14 Å². The van der Waals surface area contributed by atoms with Crippen LogP contribution in [-0.2, 0) is 29.9 Å². The number of benzene rings is 3. The summed E-state index contributed by atoms with van der Waals surface area (Å²) in [5.74, 6) is 0. The van der Waals surface area contributed by atoms with E-state index >= 15 is 0 Å². The molecule has 0 aliphatic carbocycles. The van der Waals surface area contributed by atoms with Gasteiger partial charge < -0.3 is 0 Å². The number of unbranched alkanes of at least 4 members (excludes halogenated alkanes) is 5. The van der Waals surface area contributed by atoms with Gasteiger partial charge >= 0.3 is 30.4 Å². The molecule has 213 valence electrons. The molecule has 3 aromatic rings. The third kappa shape index (κ3) is 9.43. The Bertz CT molecular complexity index is 1210. The average molecular weight is 663 g/mol. The molecule has 0 aliphatic rings.